The first-order valence-electron chi connectivity index (χ1n) is 4.92. The monoisotopic (exact) mass is 216 g/mol. The molecule has 0 radical (unpaired) electrons. The fourth-order valence-electron chi connectivity index (χ4n) is 1.27. The molecule has 0 aliphatic carbocycles. The van der Waals surface area contributed by atoms with Crippen LogP contribution in [0.25, 0.3) is 0 Å². The van der Waals surface area contributed by atoms with E-state index in [4.69, 9.17) is 4.74 Å². The second kappa shape index (κ2) is 4.18. The van der Waals surface area contributed by atoms with Crippen molar-refractivity contribution in [1.29, 1.82) is 0 Å². The number of hydrogen-bond acceptors (Lipinski definition) is 4. The topological polar surface area (TPSA) is 55.2 Å². The summed E-state index contributed by atoms with van der Waals surface area (Å²) in [5.41, 5.74) is 1.51. The van der Waals surface area contributed by atoms with Gasteiger partial charge in [0.1, 0.15) is 11.5 Å². The Labute approximate surface area is 93.6 Å². The first-order chi connectivity index (χ1) is 7.65. The molecule has 2 rings (SSSR count). The van der Waals surface area contributed by atoms with E-state index in [0.29, 0.717) is 17.3 Å². The molecule has 0 unspecified atom stereocenters. The van der Waals surface area contributed by atoms with Crippen molar-refractivity contribution in [2.45, 2.75) is 13.8 Å². The Morgan fingerprint density at radius 3 is 2.81 bits per heavy atom. The van der Waals surface area contributed by atoms with Crippen molar-refractivity contribution < 1.29 is 9.84 Å². The van der Waals surface area contributed by atoms with Crippen molar-refractivity contribution in [2.24, 2.45) is 0 Å². The van der Waals surface area contributed by atoms with E-state index in [-0.39, 0.29) is 5.75 Å². The average molecular weight is 216 g/mol. The van der Waals surface area contributed by atoms with Crippen LogP contribution in [0.1, 0.15) is 11.4 Å². The Hall–Kier alpha value is -2.10. The standard InChI is InChI=1S/C12H12N2O2/c1-8-7-13-9(2)12(14-8)16-11-5-3-4-10(15)6-11/h3-7,15H,1-2H3. The Morgan fingerprint density at radius 1 is 1.25 bits per heavy atom. The molecule has 4 nitrogen and oxygen atoms in total. The van der Waals surface area contributed by atoms with Gasteiger partial charge in [-0.25, -0.2) is 4.98 Å². The van der Waals surface area contributed by atoms with Crippen LogP contribution in [0.2, 0.25) is 0 Å². The Morgan fingerprint density at radius 2 is 2.06 bits per heavy atom. The van der Waals surface area contributed by atoms with E-state index in [0.717, 1.165) is 5.69 Å². The van der Waals surface area contributed by atoms with Gasteiger partial charge in [-0.2, -0.15) is 0 Å². The largest absolute Gasteiger partial charge is 0.508 e. The lowest BCUT2D eigenvalue weighted by molar-refractivity contribution is 0.440. The van der Waals surface area contributed by atoms with Crippen molar-refractivity contribution in [2.75, 3.05) is 0 Å². The van der Waals surface area contributed by atoms with Crippen LogP contribution < -0.4 is 4.74 Å². The van der Waals surface area contributed by atoms with Gasteiger partial charge in [-0.1, -0.05) is 6.07 Å². The van der Waals surface area contributed by atoms with Gasteiger partial charge in [0.2, 0.25) is 5.88 Å². The Balaban J connectivity index is 2.30. The second-order valence-corrected chi connectivity index (χ2v) is 3.50. The molecule has 1 N–H and O–H groups in total. The quantitative estimate of drug-likeness (QED) is 0.838. The third-order valence-electron chi connectivity index (χ3n) is 2.06. The summed E-state index contributed by atoms with van der Waals surface area (Å²) < 4.78 is 5.54. The first kappa shape index (κ1) is 10.4. The van der Waals surface area contributed by atoms with Gasteiger partial charge >= 0.3 is 0 Å². The summed E-state index contributed by atoms with van der Waals surface area (Å²) >= 11 is 0. The zero-order valence-corrected chi connectivity index (χ0v) is 9.14. The predicted octanol–water partition coefficient (Wildman–Crippen LogP) is 2.59. The van der Waals surface area contributed by atoms with Crippen LogP contribution in [0.3, 0.4) is 0 Å². The number of hydrogen-bond donors (Lipinski definition) is 1. The van der Waals surface area contributed by atoms with Gasteiger partial charge in [-0.15, -0.1) is 0 Å². The summed E-state index contributed by atoms with van der Waals surface area (Å²) in [6.07, 6.45) is 1.69. The van der Waals surface area contributed by atoms with Gasteiger partial charge in [0, 0.05) is 12.3 Å². The number of benzene rings is 1. The van der Waals surface area contributed by atoms with Crippen molar-refractivity contribution in [3.8, 4) is 17.4 Å². The summed E-state index contributed by atoms with van der Waals surface area (Å²) in [5.74, 6) is 1.17. The summed E-state index contributed by atoms with van der Waals surface area (Å²) in [4.78, 5) is 8.38. The maximum Gasteiger partial charge on any atom is 0.241 e. The molecular weight excluding hydrogens is 204 g/mol. The molecule has 1 aromatic heterocycles. The highest BCUT2D eigenvalue weighted by molar-refractivity contribution is 5.35. The van der Waals surface area contributed by atoms with E-state index >= 15 is 0 Å². The number of aromatic hydroxyl groups is 1. The van der Waals surface area contributed by atoms with Gasteiger partial charge in [0.15, 0.2) is 0 Å². The number of rotatable bonds is 2. The molecule has 0 atom stereocenters. The van der Waals surface area contributed by atoms with E-state index in [2.05, 4.69) is 9.97 Å². The van der Waals surface area contributed by atoms with Crippen molar-refractivity contribution in [3.05, 3.63) is 41.9 Å². The molecule has 0 aliphatic rings. The molecule has 0 spiro atoms. The molecular formula is C12H12N2O2. The molecule has 1 heterocycles. The SMILES string of the molecule is Cc1cnc(C)c(Oc2cccc(O)c2)n1. The Bertz CT molecular complexity index is 512. The molecule has 16 heavy (non-hydrogen) atoms. The lowest BCUT2D eigenvalue weighted by Gasteiger charge is -2.07. The lowest BCUT2D eigenvalue weighted by atomic mass is 10.3. The van der Waals surface area contributed by atoms with Crippen molar-refractivity contribution in [3.63, 3.8) is 0 Å². The summed E-state index contributed by atoms with van der Waals surface area (Å²) in [7, 11) is 0. The minimum atomic E-state index is 0.163. The normalized spacial score (nSPS) is 10.1. The fourth-order valence-corrected chi connectivity index (χ4v) is 1.27. The number of aryl methyl sites for hydroxylation is 2. The number of aromatic nitrogens is 2. The zero-order valence-electron chi connectivity index (χ0n) is 9.14. The maximum absolute atomic E-state index is 9.30. The molecule has 0 fully saturated rings. The van der Waals surface area contributed by atoms with Crippen LogP contribution in [0.5, 0.6) is 17.4 Å². The van der Waals surface area contributed by atoms with Gasteiger partial charge in [0.05, 0.1) is 11.4 Å². The van der Waals surface area contributed by atoms with E-state index < -0.39 is 0 Å². The molecule has 4 heteroatoms. The minimum absolute atomic E-state index is 0.163. The van der Waals surface area contributed by atoms with Gasteiger partial charge in [-0.05, 0) is 26.0 Å². The summed E-state index contributed by atoms with van der Waals surface area (Å²) in [5, 5.41) is 9.30. The van der Waals surface area contributed by atoms with Crippen molar-refractivity contribution in [1.82, 2.24) is 9.97 Å². The summed E-state index contributed by atoms with van der Waals surface area (Å²) in [6.45, 7) is 3.67. The molecule has 0 bridgehead atoms. The molecule has 82 valence electrons. The molecule has 0 aliphatic heterocycles. The molecule has 2 aromatic rings. The number of phenolic OH excluding ortho intramolecular Hbond substituents is 1. The van der Waals surface area contributed by atoms with E-state index in [1.54, 1.807) is 24.4 Å². The summed E-state index contributed by atoms with van der Waals surface area (Å²) in [6, 6.07) is 6.58. The molecule has 0 saturated heterocycles. The predicted molar refractivity (Wildman–Crippen MR) is 59.7 cm³/mol. The van der Waals surface area contributed by atoms with Crippen LogP contribution in [0.15, 0.2) is 30.5 Å². The van der Waals surface area contributed by atoms with Gasteiger partial charge in [0.25, 0.3) is 0 Å². The number of ether oxygens (including phenoxy) is 1. The van der Waals surface area contributed by atoms with E-state index in [1.165, 1.54) is 6.07 Å². The van der Waals surface area contributed by atoms with Crippen molar-refractivity contribution >= 4 is 0 Å². The second-order valence-electron chi connectivity index (χ2n) is 3.50. The van der Waals surface area contributed by atoms with Crippen LogP contribution in [-0.4, -0.2) is 15.1 Å². The van der Waals surface area contributed by atoms with Gasteiger partial charge in [-0.3, -0.25) is 4.98 Å². The smallest absolute Gasteiger partial charge is 0.241 e. The van der Waals surface area contributed by atoms with E-state index in [1.807, 2.05) is 13.8 Å². The van der Waals surface area contributed by atoms with Crippen LogP contribution in [0, 0.1) is 13.8 Å². The molecule has 0 saturated carbocycles. The highest BCUT2D eigenvalue weighted by Gasteiger charge is 2.05. The highest BCUT2D eigenvalue weighted by atomic mass is 16.5. The molecule has 0 amide bonds. The minimum Gasteiger partial charge on any atom is -0.508 e. The number of nitrogens with zero attached hydrogens (tertiary/aromatic N) is 2. The van der Waals surface area contributed by atoms with Crippen LogP contribution in [0.4, 0.5) is 0 Å². The average Bonchev–Trinajstić information content (AvgIpc) is 2.24. The fraction of sp³-hybridized carbons (Fsp3) is 0.167. The zero-order chi connectivity index (χ0) is 11.5. The maximum atomic E-state index is 9.30. The van der Waals surface area contributed by atoms with E-state index in [9.17, 15) is 5.11 Å². The third-order valence-corrected chi connectivity index (χ3v) is 2.06. The Kier molecular flexibility index (Phi) is 2.72. The molecule has 1 aromatic carbocycles. The lowest BCUT2D eigenvalue weighted by Crippen LogP contribution is -1.95. The third kappa shape index (κ3) is 2.28. The van der Waals surface area contributed by atoms with Crippen LogP contribution >= 0.6 is 0 Å². The highest BCUT2D eigenvalue weighted by Crippen LogP contribution is 2.24. The van der Waals surface area contributed by atoms with Gasteiger partial charge < -0.3 is 9.84 Å². The van der Waals surface area contributed by atoms with Crippen LogP contribution in [-0.2, 0) is 0 Å². The first-order valence-corrected chi connectivity index (χ1v) is 4.92. The number of phenols is 1.